The Labute approximate surface area is 193 Å². The van der Waals surface area contributed by atoms with Gasteiger partial charge in [0.1, 0.15) is 6.61 Å². The number of nitrogens with one attached hydrogen (secondary N) is 1. The highest BCUT2D eigenvalue weighted by Gasteiger charge is 2.34. The van der Waals surface area contributed by atoms with Crippen LogP contribution in [0.3, 0.4) is 0 Å². The van der Waals surface area contributed by atoms with Crippen molar-refractivity contribution in [3.63, 3.8) is 0 Å². The molecule has 3 heterocycles. The second-order valence-electron chi connectivity index (χ2n) is 8.87. The Morgan fingerprint density at radius 3 is 2.76 bits per heavy atom. The number of aromatic nitrogens is 1. The summed E-state index contributed by atoms with van der Waals surface area (Å²) < 4.78 is 11.9. The van der Waals surface area contributed by atoms with Crippen molar-refractivity contribution in [2.24, 2.45) is 0 Å². The average Bonchev–Trinajstić information content (AvgIpc) is 3.23. The van der Waals surface area contributed by atoms with Gasteiger partial charge in [0, 0.05) is 35.7 Å². The zero-order valence-electron chi connectivity index (χ0n) is 18.6. The van der Waals surface area contributed by atoms with Crippen LogP contribution in [0.4, 0.5) is 0 Å². The summed E-state index contributed by atoms with van der Waals surface area (Å²) in [5.74, 6) is 1.55. The lowest BCUT2D eigenvalue weighted by atomic mass is 9.85. The third-order valence-corrected chi connectivity index (χ3v) is 7.03. The molecule has 33 heavy (non-hydrogen) atoms. The van der Waals surface area contributed by atoms with E-state index in [1.54, 1.807) is 7.11 Å². The number of methoxy groups -OCH3 is 1. The van der Waals surface area contributed by atoms with E-state index in [1.807, 2.05) is 24.3 Å². The number of nitrogens with zero attached hydrogens (tertiary/aromatic N) is 2. The van der Waals surface area contributed by atoms with Crippen molar-refractivity contribution >= 4 is 10.9 Å². The highest BCUT2D eigenvalue weighted by molar-refractivity contribution is 5.85. The minimum atomic E-state index is 0.337. The van der Waals surface area contributed by atoms with Gasteiger partial charge in [0.05, 0.1) is 18.7 Å². The summed E-state index contributed by atoms with van der Waals surface area (Å²) in [4.78, 5) is 6.22. The molecule has 0 saturated carbocycles. The Kier molecular flexibility index (Phi) is 4.82. The van der Waals surface area contributed by atoms with Crippen molar-refractivity contribution in [1.82, 2.24) is 9.88 Å². The zero-order valence-corrected chi connectivity index (χ0v) is 18.6. The monoisotopic (exact) mass is 435 g/mol. The Balaban J connectivity index is 1.32. The molecule has 5 nitrogen and oxygen atoms in total. The summed E-state index contributed by atoms with van der Waals surface area (Å²) in [6.45, 7) is 2.42. The summed E-state index contributed by atoms with van der Waals surface area (Å²) >= 11 is 0. The number of fused-ring (bicyclic) bond motifs is 6. The summed E-state index contributed by atoms with van der Waals surface area (Å²) in [5, 5.41) is 10.4. The van der Waals surface area contributed by atoms with Gasteiger partial charge >= 0.3 is 0 Å². The summed E-state index contributed by atoms with van der Waals surface area (Å²) in [6, 6.07) is 23.0. The van der Waals surface area contributed by atoms with E-state index in [2.05, 4.69) is 52.4 Å². The normalized spacial score (nSPS) is 17.0. The van der Waals surface area contributed by atoms with Crippen LogP contribution in [0.25, 0.3) is 10.9 Å². The number of hydrogen-bond acceptors (Lipinski definition) is 4. The molecule has 164 valence electrons. The first kappa shape index (κ1) is 19.9. The molecule has 6 rings (SSSR count). The van der Waals surface area contributed by atoms with Crippen molar-refractivity contribution < 1.29 is 9.47 Å². The van der Waals surface area contributed by atoms with E-state index < -0.39 is 0 Å². The third kappa shape index (κ3) is 3.44. The maximum atomic E-state index is 9.01. The summed E-state index contributed by atoms with van der Waals surface area (Å²) in [5.41, 5.74) is 8.38. The quantitative estimate of drug-likeness (QED) is 0.474. The predicted molar refractivity (Wildman–Crippen MR) is 127 cm³/mol. The standard InChI is InChI=1S/C28H25N3O2/c1-32-27-12-20-10-11-31-16-25-23(21-4-2-3-5-24(21)30-25)13-26(31)22(20)14-28(27)33-17-19-8-6-18(15-29)7-9-19/h2-9,12,14,26,30H,10-11,13,16-17H2,1H3. The van der Waals surface area contributed by atoms with Crippen LogP contribution in [0.5, 0.6) is 11.5 Å². The van der Waals surface area contributed by atoms with Crippen LogP contribution in [-0.4, -0.2) is 23.5 Å². The Bertz CT molecular complexity index is 1380. The Morgan fingerprint density at radius 1 is 1.09 bits per heavy atom. The molecule has 0 bridgehead atoms. The number of H-pyrrole nitrogens is 1. The number of para-hydroxylation sites is 1. The molecule has 0 spiro atoms. The average molecular weight is 436 g/mol. The van der Waals surface area contributed by atoms with Crippen LogP contribution in [0.2, 0.25) is 0 Å². The van der Waals surface area contributed by atoms with Gasteiger partial charge in [-0.25, -0.2) is 0 Å². The van der Waals surface area contributed by atoms with E-state index in [-0.39, 0.29) is 0 Å². The molecule has 1 unspecified atom stereocenters. The first-order valence-corrected chi connectivity index (χ1v) is 11.4. The largest absolute Gasteiger partial charge is 0.493 e. The molecule has 4 aromatic rings. The first-order chi connectivity index (χ1) is 16.2. The fraction of sp³-hybridized carbons (Fsp3) is 0.250. The Morgan fingerprint density at radius 2 is 1.94 bits per heavy atom. The Hall–Kier alpha value is -3.75. The molecule has 0 fully saturated rings. The third-order valence-electron chi connectivity index (χ3n) is 7.03. The molecule has 0 amide bonds. The highest BCUT2D eigenvalue weighted by atomic mass is 16.5. The molecule has 2 aliphatic heterocycles. The van der Waals surface area contributed by atoms with Crippen LogP contribution in [-0.2, 0) is 26.0 Å². The van der Waals surface area contributed by atoms with Crippen molar-refractivity contribution in [3.8, 4) is 17.6 Å². The van der Waals surface area contributed by atoms with Crippen molar-refractivity contribution in [2.75, 3.05) is 13.7 Å². The van der Waals surface area contributed by atoms with Gasteiger partial charge in [-0.3, -0.25) is 4.90 Å². The second-order valence-corrected chi connectivity index (χ2v) is 8.87. The zero-order chi connectivity index (χ0) is 22.4. The fourth-order valence-electron chi connectivity index (χ4n) is 5.32. The van der Waals surface area contributed by atoms with Crippen LogP contribution >= 0.6 is 0 Å². The van der Waals surface area contributed by atoms with Gasteiger partial charge in [-0.05, 0) is 65.4 Å². The molecule has 0 saturated heterocycles. The maximum Gasteiger partial charge on any atom is 0.162 e. The summed E-state index contributed by atoms with van der Waals surface area (Å²) in [7, 11) is 1.70. The van der Waals surface area contributed by atoms with Gasteiger partial charge in [-0.1, -0.05) is 30.3 Å². The second kappa shape index (κ2) is 7.99. The van der Waals surface area contributed by atoms with E-state index in [1.165, 1.54) is 33.3 Å². The smallest absolute Gasteiger partial charge is 0.162 e. The predicted octanol–water partition coefficient (Wildman–Crippen LogP) is 5.28. The number of benzene rings is 3. The van der Waals surface area contributed by atoms with Crippen LogP contribution in [0.1, 0.15) is 39.6 Å². The minimum Gasteiger partial charge on any atom is -0.493 e. The molecule has 1 atom stereocenters. The molecule has 0 radical (unpaired) electrons. The topological polar surface area (TPSA) is 61.3 Å². The number of aromatic amines is 1. The molecular weight excluding hydrogens is 410 g/mol. The van der Waals surface area contributed by atoms with Crippen LogP contribution in [0.15, 0.2) is 60.7 Å². The van der Waals surface area contributed by atoms with E-state index >= 15 is 0 Å². The van der Waals surface area contributed by atoms with E-state index in [4.69, 9.17) is 14.7 Å². The lowest BCUT2D eigenvalue weighted by Gasteiger charge is -2.40. The lowest BCUT2D eigenvalue weighted by molar-refractivity contribution is 0.158. The van der Waals surface area contributed by atoms with Gasteiger partial charge in [0.2, 0.25) is 0 Å². The van der Waals surface area contributed by atoms with Crippen molar-refractivity contribution in [2.45, 2.75) is 32.0 Å². The maximum absolute atomic E-state index is 9.01. The van der Waals surface area contributed by atoms with E-state index in [0.29, 0.717) is 18.2 Å². The van der Waals surface area contributed by atoms with E-state index in [0.717, 1.165) is 43.0 Å². The number of hydrogen-bond donors (Lipinski definition) is 1. The van der Waals surface area contributed by atoms with Gasteiger partial charge in [-0.15, -0.1) is 0 Å². The molecule has 5 heteroatoms. The highest BCUT2D eigenvalue weighted by Crippen LogP contribution is 2.43. The van der Waals surface area contributed by atoms with E-state index in [9.17, 15) is 0 Å². The number of ether oxygens (including phenoxy) is 2. The minimum absolute atomic E-state index is 0.337. The summed E-state index contributed by atoms with van der Waals surface area (Å²) in [6.07, 6.45) is 2.00. The number of nitriles is 1. The van der Waals surface area contributed by atoms with Crippen LogP contribution in [0, 0.1) is 11.3 Å². The van der Waals surface area contributed by atoms with Crippen LogP contribution < -0.4 is 9.47 Å². The molecule has 1 aromatic heterocycles. The lowest BCUT2D eigenvalue weighted by Crippen LogP contribution is -2.39. The first-order valence-electron chi connectivity index (χ1n) is 11.4. The van der Waals surface area contributed by atoms with Gasteiger partial charge in [0.15, 0.2) is 11.5 Å². The van der Waals surface area contributed by atoms with Gasteiger partial charge in [-0.2, -0.15) is 5.26 Å². The SMILES string of the molecule is COc1cc2c(cc1OCc1ccc(C#N)cc1)C1Cc3c([nH]c4ccccc34)CN1CC2. The van der Waals surface area contributed by atoms with Gasteiger partial charge in [0.25, 0.3) is 0 Å². The molecular formula is C28H25N3O2. The molecule has 2 aliphatic rings. The molecule has 3 aromatic carbocycles. The fourth-order valence-corrected chi connectivity index (χ4v) is 5.32. The van der Waals surface area contributed by atoms with Gasteiger partial charge < -0.3 is 14.5 Å². The molecule has 0 aliphatic carbocycles. The van der Waals surface area contributed by atoms with Crippen molar-refractivity contribution in [1.29, 1.82) is 5.26 Å². The number of rotatable bonds is 4. The van der Waals surface area contributed by atoms with Crippen molar-refractivity contribution in [3.05, 3.63) is 94.2 Å². The molecule has 1 N–H and O–H groups in total.